The molecule has 0 aliphatic carbocycles. The standard InChI is InChI=1S/C12H22N4O/c1-4-5-14-7-10-8-15-9-16(10)12(2,3)6-11(13)17/h8-9,14H,4-7H2,1-3H3,(H2,13,17). The summed E-state index contributed by atoms with van der Waals surface area (Å²) >= 11 is 0. The van der Waals surface area contributed by atoms with Crippen LogP contribution in [-0.4, -0.2) is 22.0 Å². The van der Waals surface area contributed by atoms with Gasteiger partial charge in [0.05, 0.1) is 12.0 Å². The van der Waals surface area contributed by atoms with Crippen molar-refractivity contribution in [3.05, 3.63) is 18.2 Å². The smallest absolute Gasteiger partial charge is 0.219 e. The third kappa shape index (κ3) is 3.85. The zero-order valence-electron chi connectivity index (χ0n) is 10.9. The molecule has 5 heteroatoms. The summed E-state index contributed by atoms with van der Waals surface area (Å²) in [6, 6.07) is 0. The first-order chi connectivity index (χ1) is 7.97. The van der Waals surface area contributed by atoms with Gasteiger partial charge in [-0.2, -0.15) is 0 Å². The van der Waals surface area contributed by atoms with Gasteiger partial charge in [0.15, 0.2) is 0 Å². The van der Waals surface area contributed by atoms with Gasteiger partial charge in [-0.1, -0.05) is 6.92 Å². The first-order valence-corrected chi connectivity index (χ1v) is 5.98. The minimum absolute atomic E-state index is 0.295. The number of carbonyl (C=O) groups excluding carboxylic acids is 1. The Morgan fingerprint density at radius 2 is 2.29 bits per heavy atom. The summed E-state index contributed by atoms with van der Waals surface area (Å²) in [6.07, 6.45) is 4.99. The van der Waals surface area contributed by atoms with Crippen LogP contribution in [0.15, 0.2) is 12.5 Å². The van der Waals surface area contributed by atoms with Crippen molar-refractivity contribution < 1.29 is 4.79 Å². The molecule has 1 heterocycles. The highest BCUT2D eigenvalue weighted by atomic mass is 16.1. The zero-order valence-corrected chi connectivity index (χ0v) is 10.9. The summed E-state index contributed by atoms with van der Waals surface area (Å²) in [5, 5.41) is 3.33. The number of aromatic nitrogens is 2. The van der Waals surface area contributed by atoms with Gasteiger partial charge < -0.3 is 15.6 Å². The number of carbonyl (C=O) groups is 1. The number of hydrogen-bond acceptors (Lipinski definition) is 3. The van der Waals surface area contributed by atoms with Gasteiger partial charge in [-0.15, -0.1) is 0 Å². The predicted molar refractivity (Wildman–Crippen MR) is 67.4 cm³/mol. The Kier molecular flexibility index (Phi) is 4.69. The van der Waals surface area contributed by atoms with Crippen LogP contribution in [0.1, 0.15) is 39.3 Å². The second-order valence-electron chi connectivity index (χ2n) is 4.89. The summed E-state index contributed by atoms with van der Waals surface area (Å²) in [6.45, 7) is 7.84. The van der Waals surface area contributed by atoms with Crippen LogP contribution in [-0.2, 0) is 16.9 Å². The van der Waals surface area contributed by atoms with E-state index in [0.717, 1.165) is 25.2 Å². The van der Waals surface area contributed by atoms with Crippen LogP contribution in [0.2, 0.25) is 0 Å². The number of primary amides is 1. The lowest BCUT2D eigenvalue weighted by atomic mass is 9.99. The van der Waals surface area contributed by atoms with Crippen molar-refractivity contribution in [3.63, 3.8) is 0 Å². The summed E-state index contributed by atoms with van der Waals surface area (Å²) in [4.78, 5) is 15.2. The molecule has 0 saturated heterocycles. The molecule has 0 bridgehead atoms. The minimum Gasteiger partial charge on any atom is -0.370 e. The number of nitrogens with two attached hydrogens (primary N) is 1. The van der Waals surface area contributed by atoms with E-state index in [4.69, 9.17) is 5.73 Å². The van der Waals surface area contributed by atoms with Crippen molar-refractivity contribution in [2.75, 3.05) is 6.54 Å². The molecule has 0 unspecified atom stereocenters. The Bertz CT molecular complexity index is 370. The molecule has 0 aliphatic heterocycles. The summed E-state index contributed by atoms with van der Waals surface area (Å²) in [5.74, 6) is -0.295. The number of imidazole rings is 1. The van der Waals surface area contributed by atoms with Crippen LogP contribution < -0.4 is 11.1 Å². The molecule has 1 amide bonds. The molecule has 1 aromatic heterocycles. The summed E-state index contributed by atoms with van der Waals surface area (Å²) < 4.78 is 2.01. The monoisotopic (exact) mass is 238 g/mol. The van der Waals surface area contributed by atoms with Crippen molar-refractivity contribution in [2.45, 2.75) is 45.7 Å². The molecule has 0 spiro atoms. The first kappa shape index (κ1) is 13.7. The molecule has 0 saturated carbocycles. The molecule has 1 aromatic rings. The van der Waals surface area contributed by atoms with Gasteiger partial charge in [0, 0.05) is 24.7 Å². The van der Waals surface area contributed by atoms with Gasteiger partial charge in [-0.25, -0.2) is 4.98 Å². The second kappa shape index (κ2) is 5.82. The van der Waals surface area contributed by atoms with Crippen molar-refractivity contribution in [1.29, 1.82) is 0 Å². The van der Waals surface area contributed by atoms with Gasteiger partial charge in [-0.05, 0) is 26.8 Å². The van der Waals surface area contributed by atoms with E-state index in [1.807, 2.05) is 24.6 Å². The van der Waals surface area contributed by atoms with E-state index in [2.05, 4.69) is 17.2 Å². The molecular weight excluding hydrogens is 216 g/mol. The molecule has 17 heavy (non-hydrogen) atoms. The summed E-state index contributed by atoms with van der Waals surface area (Å²) in [7, 11) is 0. The number of nitrogens with zero attached hydrogens (tertiary/aromatic N) is 2. The molecule has 96 valence electrons. The average Bonchev–Trinajstić information content (AvgIpc) is 2.65. The van der Waals surface area contributed by atoms with Crippen LogP contribution in [0.25, 0.3) is 0 Å². The van der Waals surface area contributed by atoms with Crippen molar-refractivity contribution in [1.82, 2.24) is 14.9 Å². The molecule has 3 N–H and O–H groups in total. The molecule has 0 atom stereocenters. The maximum absolute atomic E-state index is 11.1. The van der Waals surface area contributed by atoms with E-state index in [0.29, 0.717) is 6.42 Å². The highest BCUT2D eigenvalue weighted by molar-refractivity contribution is 5.74. The Labute approximate surface area is 102 Å². The van der Waals surface area contributed by atoms with E-state index in [1.165, 1.54) is 0 Å². The lowest BCUT2D eigenvalue weighted by Gasteiger charge is -2.27. The van der Waals surface area contributed by atoms with Crippen molar-refractivity contribution in [2.24, 2.45) is 5.73 Å². The molecule has 5 nitrogen and oxygen atoms in total. The van der Waals surface area contributed by atoms with Crippen LogP contribution in [0.5, 0.6) is 0 Å². The van der Waals surface area contributed by atoms with Crippen LogP contribution >= 0.6 is 0 Å². The largest absolute Gasteiger partial charge is 0.370 e. The third-order valence-electron chi connectivity index (χ3n) is 2.71. The Morgan fingerprint density at radius 3 is 2.88 bits per heavy atom. The van der Waals surface area contributed by atoms with Crippen LogP contribution in [0.4, 0.5) is 0 Å². The zero-order chi connectivity index (χ0) is 12.9. The second-order valence-corrected chi connectivity index (χ2v) is 4.89. The number of rotatable bonds is 7. The van der Waals surface area contributed by atoms with E-state index >= 15 is 0 Å². The molecule has 0 aromatic carbocycles. The topological polar surface area (TPSA) is 72.9 Å². The molecule has 0 radical (unpaired) electrons. The molecule has 0 aliphatic rings. The highest BCUT2D eigenvalue weighted by Gasteiger charge is 2.24. The molecule has 0 fully saturated rings. The fraction of sp³-hybridized carbons (Fsp3) is 0.667. The van der Waals surface area contributed by atoms with Crippen molar-refractivity contribution >= 4 is 5.91 Å². The number of nitrogens with one attached hydrogen (secondary N) is 1. The Morgan fingerprint density at radius 1 is 1.59 bits per heavy atom. The quantitative estimate of drug-likeness (QED) is 0.696. The minimum atomic E-state index is -0.328. The average molecular weight is 238 g/mol. The van der Waals surface area contributed by atoms with Crippen molar-refractivity contribution in [3.8, 4) is 0 Å². The predicted octanol–water partition coefficient (Wildman–Crippen LogP) is 0.993. The van der Waals surface area contributed by atoms with E-state index in [1.54, 1.807) is 6.33 Å². The summed E-state index contributed by atoms with van der Waals surface area (Å²) in [5.41, 5.74) is 6.01. The number of amides is 1. The molecule has 1 rings (SSSR count). The lowest BCUT2D eigenvalue weighted by Crippen LogP contribution is -2.33. The van der Waals surface area contributed by atoms with Gasteiger partial charge in [0.2, 0.25) is 5.91 Å². The van der Waals surface area contributed by atoms with Gasteiger partial charge in [-0.3, -0.25) is 4.79 Å². The normalized spacial score (nSPS) is 11.7. The van der Waals surface area contributed by atoms with Crippen LogP contribution in [0, 0.1) is 0 Å². The van der Waals surface area contributed by atoms with Gasteiger partial charge in [0.1, 0.15) is 0 Å². The fourth-order valence-electron chi connectivity index (χ4n) is 1.90. The Balaban J connectivity index is 2.76. The van der Waals surface area contributed by atoms with Crippen LogP contribution in [0.3, 0.4) is 0 Å². The van der Waals surface area contributed by atoms with Gasteiger partial charge in [0.25, 0.3) is 0 Å². The fourth-order valence-corrected chi connectivity index (χ4v) is 1.90. The SMILES string of the molecule is CCCNCc1cncn1C(C)(C)CC(N)=O. The van der Waals surface area contributed by atoms with Gasteiger partial charge >= 0.3 is 0 Å². The van der Waals surface area contributed by atoms with E-state index in [-0.39, 0.29) is 11.4 Å². The third-order valence-corrected chi connectivity index (χ3v) is 2.71. The first-order valence-electron chi connectivity index (χ1n) is 5.98. The lowest BCUT2D eigenvalue weighted by molar-refractivity contribution is -0.119. The van der Waals surface area contributed by atoms with E-state index < -0.39 is 0 Å². The molecular formula is C12H22N4O. The highest BCUT2D eigenvalue weighted by Crippen LogP contribution is 2.21. The van der Waals surface area contributed by atoms with E-state index in [9.17, 15) is 4.79 Å². The maximum Gasteiger partial charge on any atom is 0.219 e. The maximum atomic E-state index is 11.1. The Hall–Kier alpha value is -1.36. The number of hydrogen-bond donors (Lipinski definition) is 2.